The van der Waals surface area contributed by atoms with Gasteiger partial charge in [0, 0.05) is 18.3 Å². The molecule has 0 radical (unpaired) electrons. The van der Waals surface area contributed by atoms with Gasteiger partial charge >= 0.3 is 5.97 Å². The third-order valence-corrected chi connectivity index (χ3v) is 3.39. The summed E-state index contributed by atoms with van der Waals surface area (Å²) >= 11 is 0. The molecule has 0 unspecified atom stereocenters. The first kappa shape index (κ1) is 15.0. The van der Waals surface area contributed by atoms with E-state index in [1.54, 1.807) is 24.3 Å². The van der Waals surface area contributed by atoms with Crippen LogP contribution in [0.1, 0.15) is 23.7 Å². The summed E-state index contributed by atoms with van der Waals surface area (Å²) in [5.74, 6) is -0.693. The van der Waals surface area contributed by atoms with Crippen LogP contribution in [0.4, 0.5) is 5.69 Å². The Kier molecular flexibility index (Phi) is 4.57. The number of rotatable bonds is 5. The topological polar surface area (TPSA) is 84.5 Å². The Morgan fingerprint density at radius 2 is 2.05 bits per heavy atom. The molecule has 6 nitrogen and oxygen atoms in total. The van der Waals surface area contributed by atoms with Crippen molar-refractivity contribution in [2.75, 3.05) is 19.0 Å². The quantitative estimate of drug-likeness (QED) is 0.798. The lowest BCUT2D eigenvalue weighted by Crippen LogP contribution is -2.22. The van der Waals surface area contributed by atoms with Gasteiger partial charge in [0.1, 0.15) is 0 Å². The molecule has 1 aromatic carbocycles. The van der Waals surface area contributed by atoms with Crippen molar-refractivity contribution < 1.29 is 19.1 Å². The van der Waals surface area contributed by atoms with Gasteiger partial charge in [0.05, 0.1) is 5.92 Å². The Balaban J connectivity index is 1.84. The van der Waals surface area contributed by atoms with Gasteiger partial charge < -0.3 is 15.4 Å². The minimum Gasteiger partial charge on any atom is -0.455 e. The lowest BCUT2D eigenvalue weighted by molar-refractivity contribution is -0.148. The number of anilines is 1. The summed E-state index contributed by atoms with van der Waals surface area (Å²) in [6, 6.07) is 6.53. The van der Waals surface area contributed by atoms with E-state index >= 15 is 0 Å². The maximum atomic E-state index is 11.7. The van der Waals surface area contributed by atoms with Crippen LogP contribution in [-0.2, 0) is 14.3 Å². The summed E-state index contributed by atoms with van der Waals surface area (Å²) in [6.45, 7) is 1.66. The van der Waals surface area contributed by atoms with Crippen molar-refractivity contribution in [2.45, 2.75) is 13.3 Å². The Hall–Kier alpha value is -2.37. The Morgan fingerprint density at radius 3 is 2.67 bits per heavy atom. The standard InChI is InChI=1S/C15H18N2O4/c1-9-6-12(9)15(20)21-8-13(18)17-11-5-3-4-10(7-11)14(19)16-2/h3-5,7,9,12H,6,8H2,1-2H3,(H,16,19)(H,17,18)/t9-,12+/m0/s1. The highest BCUT2D eigenvalue weighted by atomic mass is 16.5. The van der Waals surface area contributed by atoms with Gasteiger partial charge in [-0.2, -0.15) is 0 Å². The zero-order valence-electron chi connectivity index (χ0n) is 12.0. The number of hydrogen-bond acceptors (Lipinski definition) is 4. The summed E-state index contributed by atoms with van der Waals surface area (Å²) in [4.78, 5) is 34.7. The summed E-state index contributed by atoms with van der Waals surface area (Å²) in [5.41, 5.74) is 0.927. The van der Waals surface area contributed by atoms with Crippen LogP contribution >= 0.6 is 0 Å². The lowest BCUT2D eigenvalue weighted by Gasteiger charge is -2.07. The first-order valence-corrected chi connectivity index (χ1v) is 6.80. The van der Waals surface area contributed by atoms with E-state index in [4.69, 9.17) is 4.74 Å². The van der Waals surface area contributed by atoms with Gasteiger partial charge in [-0.25, -0.2) is 0 Å². The van der Waals surface area contributed by atoms with Crippen LogP contribution in [0.15, 0.2) is 24.3 Å². The minimum absolute atomic E-state index is 0.0608. The van der Waals surface area contributed by atoms with Crippen LogP contribution in [0.2, 0.25) is 0 Å². The molecule has 0 heterocycles. The maximum absolute atomic E-state index is 11.7. The van der Waals surface area contributed by atoms with E-state index in [0.29, 0.717) is 17.2 Å². The zero-order valence-corrected chi connectivity index (χ0v) is 12.0. The highest BCUT2D eigenvalue weighted by Crippen LogP contribution is 2.38. The number of carbonyl (C=O) groups excluding carboxylic acids is 3. The summed E-state index contributed by atoms with van der Waals surface area (Å²) in [7, 11) is 1.53. The number of amides is 2. The van der Waals surface area contributed by atoms with Crippen LogP contribution in [0.3, 0.4) is 0 Å². The number of benzene rings is 1. The maximum Gasteiger partial charge on any atom is 0.309 e. The van der Waals surface area contributed by atoms with Gasteiger partial charge in [-0.05, 0) is 30.5 Å². The highest BCUT2D eigenvalue weighted by molar-refractivity contribution is 5.97. The molecule has 21 heavy (non-hydrogen) atoms. The molecule has 0 bridgehead atoms. The molecule has 2 rings (SSSR count). The molecule has 0 aromatic heterocycles. The average Bonchev–Trinajstić information content (AvgIpc) is 3.21. The monoisotopic (exact) mass is 290 g/mol. The van der Waals surface area contributed by atoms with Gasteiger partial charge in [0.2, 0.25) is 0 Å². The van der Waals surface area contributed by atoms with Gasteiger partial charge in [-0.3, -0.25) is 14.4 Å². The van der Waals surface area contributed by atoms with E-state index in [0.717, 1.165) is 6.42 Å². The van der Waals surface area contributed by atoms with E-state index < -0.39 is 5.91 Å². The predicted molar refractivity (Wildman–Crippen MR) is 76.7 cm³/mol. The summed E-state index contributed by atoms with van der Waals surface area (Å²) in [6.07, 6.45) is 0.828. The Morgan fingerprint density at radius 1 is 1.33 bits per heavy atom. The van der Waals surface area contributed by atoms with Gasteiger partial charge in [0.25, 0.3) is 11.8 Å². The third-order valence-electron chi connectivity index (χ3n) is 3.39. The van der Waals surface area contributed by atoms with E-state index in [9.17, 15) is 14.4 Å². The fraction of sp³-hybridized carbons (Fsp3) is 0.400. The molecule has 2 amide bonds. The van der Waals surface area contributed by atoms with Crippen molar-refractivity contribution in [1.29, 1.82) is 0 Å². The number of carbonyl (C=O) groups is 3. The zero-order chi connectivity index (χ0) is 15.4. The first-order chi connectivity index (χ1) is 10.0. The Bertz CT molecular complexity index is 571. The largest absolute Gasteiger partial charge is 0.455 e. The lowest BCUT2D eigenvalue weighted by atomic mass is 10.2. The molecular formula is C15H18N2O4. The first-order valence-electron chi connectivity index (χ1n) is 6.80. The minimum atomic E-state index is -0.425. The molecule has 0 spiro atoms. The van der Waals surface area contributed by atoms with Crippen molar-refractivity contribution in [3.05, 3.63) is 29.8 Å². The molecule has 1 fully saturated rings. The fourth-order valence-corrected chi connectivity index (χ4v) is 1.97. The van der Waals surface area contributed by atoms with Crippen LogP contribution in [0.5, 0.6) is 0 Å². The van der Waals surface area contributed by atoms with E-state index in [2.05, 4.69) is 10.6 Å². The molecule has 0 aliphatic heterocycles. The summed E-state index contributed by atoms with van der Waals surface area (Å²) < 4.78 is 4.94. The smallest absolute Gasteiger partial charge is 0.309 e. The highest BCUT2D eigenvalue weighted by Gasteiger charge is 2.40. The second-order valence-electron chi connectivity index (χ2n) is 5.14. The molecule has 112 valence electrons. The van der Waals surface area contributed by atoms with Crippen LogP contribution in [0.25, 0.3) is 0 Å². The van der Waals surface area contributed by atoms with Crippen molar-refractivity contribution in [3.8, 4) is 0 Å². The number of esters is 1. The van der Waals surface area contributed by atoms with Crippen molar-refractivity contribution in [3.63, 3.8) is 0 Å². The SMILES string of the molecule is CNC(=O)c1cccc(NC(=O)COC(=O)[C@@H]2C[C@@H]2C)c1. The third kappa shape index (κ3) is 4.05. The molecule has 6 heteroatoms. The molecule has 1 aliphatic carbocycles. The van der Waals surface area contributed by atoms with E-state index in [1.165, 1.54) is 7.05 Å². The molecule has 1 saturated carbocycles. The van der Waals surface area contributed by atoms with Crippen LogP contribution < -0.4 is 10.6 Å². The second kappa shape index (κ2) is 6.39. The van der Waals surface area contributed by atoms with Crippen molar-refractivity contribution in [1.82, 2.24) is 5.32 Å². The van der Waals surface area contributed by atoms with E-state index in [-0.39, 0.29) is 24.4 Å². The molecule has 1 aliphatic rings. The Labute approximate surface area is 122 Å². The van der Waals surface area contributed by atoms with Crippen molar-refractivity contribution in [2.24, 2.45) is 11.8 Å². The van der Waals surface area contributed by atoms with Gasteiger partial charge in [0.15, 0.2) is 6.61 Å². The number of hydrogen-bond donors (Lipinski definition) is 2. The predicted octanol–water partition coefficient (Wildman–Crippen LogP) is 1.18. The molecule has 2 atom stereocenters. The molecule has 0 saturated heterocycles. The average molecular weight is 290 g/mol. The van der Waals surface area contributed by atoms with E-state index in [1.807, 2.05) is 6.92 Å². The van der Waals surface area contributed by atoms with Gasteiger partial charge in [-0.1, -0.05) is 13.0 Å². The summed E-state index contributed by atoms with van der Waals surface area (Å²) in [5, 5.41) is 5.10. The van der Waals surface area contributed by atoms with Crippen LogP contribution in [-0.4, -0.2) is 31.4 Å². The molecular weight excluding hydrogens is 272 g/mol. The number of nitrogens with one attached hydrogen (secondary N) is 2. The molecule has 1 aromatic rings. The normalized spacial score (nSPS) is 19.5. The van der Waals surface area contributed by atoms with Crippen LogP contribution in [0, 0.1) is 11.8 Å². The van der Waals surface area contributed by atoms with Gasteiger partial charge in [-0.15, -0.1) is 0 Å². The van der Waals surface area contributed by atoms with Crippen molar-refractivity contribution >= 4 is 23.5 Å². The molecule has 2 N–H and O–H groups in total. The number of ether oxygens (including phenoxy) is 1. The second-order valence-corrected chi connectivity index (χ2v) is 5.14. The fourth-order valence-electron chi connectivity index (χ4n) is 1.97.